The van der Waals surface area contributed by atoms with Crippen LogP contribution in [0.15, 0.2) is 18.2 Å². The van der Waals surface area contributed by atoms with Crippen molar-refractivity contribution in [3.8, 4) is 5.75 Å². The summed E-state index contributed by atoms with van der Waals surface area (Å²) < 4.78 is 19.8. The smallest absolute Gasteiger partial charge is 0.257 e. The molecule has 1 saturated heterocycles. The standard InChI is InChI=1S/C34H52FN5O7/c1-21(2)16-26-33(45)40-19-24(41)18-27(40)34(46)39(5)30(22(3)4)32(44)37-15-11-9-7-6-8-10-14-36-29(42)20-47-28-17-23(35)12-13-25(28)31(43)38-26/h12-13,17,21-22,24,26-27,30,41H,6-11,14-16,18-20H2,1-5H3,(H,36,42)(H,37,44)(H,38,43)/t24-,26+,27+,30-/m0/s1. The van der Waals surface area contributed by atoms with Crippen LogP contribution >= 0.6 is 0 Å². The van der Waals surface area contributed by atoms with Gasteiger partial charge in [0.1, 0.15) is 29.7 Å². The van der Waals surface area contributed by atoms with Crippen LogP contribution in [0.25, 0.3) is 0 Å². The van der Waals surface area contributed by atoms with Crippen molar-refractivity contribution in [2.45, 2.75) is 103 Å². The Hall–Kier alpha value is -3.74. The van der Waals surface area contributed by atoms with Crippen molar-refractivity contribution < 1.29 is 38.2 Å². The van der Waals surface area contributed by atoms with Gasteiger partial charge in [0, 0.05) is 39.2 Å². The van der Waals surface area contributed by atoms with Crippen LogP contribution in [0.1, 0.15) is 89.4 Å². The Morgan fingerprint density at radius 3 is 2.21 bits per heavy atom. The van der Waals surface area contributed by atoms with Gasteiger partial charge in [-0.05, 0) is 43.2 Å². The highest BCUT2D eigenvalue weighted by Crippen LogP contribution is 2.25. The van der Waals surface area contributed by atoms with Gasteiger partial charge in [-0.2, -0.15) is 0 Å². The van der Waals surface area contributed by atoms with Crippen molar-refractivity contribution >= 4 is 29.5 Å². The average molecular weight is 662 g/mol. The molecule has 0 aromatic heterocycles. The van der Waals surface area contributed by atoms with Crippen molar-refractivity contribution in [3.05, 3.63) is 29.6 Å². The Morgan fingerprint density at radius 1 is 0.936 bits per heavy atom. The summed E-state index contributed by atoms with van der Waals surface area (Å²) in [5.41, 5.74) is -0.0640. The van der Waals surface area contributed by atoms with Crippen molar-refractivity contribution in [2.24, 2.45) is 11.8 Å². The van der Waals surface area contributed by atoms with Crippen LogP contribution in [-0.2, 0) is 19.2 Å². The van der Waals surface area contributed by atoms with E-state index in [1.54, 1.807) is 0 Å². The molecule has 2 heterocycles. The number of rotatable bonds is 3. The number of aliphatic hydroxyl groups is 1. The molecule has 3 rings (SSSR count). The lowest BCUT2D eigenvalue weighted by atomic mass is 9.99. The summed E-state index contributed by atoms with van der Waals surface area (Å²) in [6, 6.07) is 0.399. The lowest BCUT2D eigenvalue weighted by Crippen LogP contribution is -2.57. The molecule has 0 saturated carbocycles. The minimum Gasteiger partial charge on any atom is -0.483 e. The highest BCUT2D eigenvalue weighted by Gasteiger charge is 2.44. The lowest BCUT2D eigenvalue weighted by molar-refractivity contribution is -0.148. The Balaban J connectivity index is 1.92. The number of halogens is 1. The summed E-state index contributed by atoms with van der Waals surface area (Å²) >= 11 is 0. The van der Waals surface area contributed by atoms with Crippen LogP contribution in [0.4, 0.5) is 4.39 Å². The molecule has 1 aromatic carbocycles. The van der Waals surface area contributed by atoms with Crippen LogP contribution in [-0.4, -0.2) is 102 Å². The molecule has 4 N–H and O–H groups in total. The molecule has 0 radical (unpaired) electrons. The van der Waals surface area contributed by atoms with E-state index in [1.165, 1.54) is 22.9 Å². The molecular formula is C34H52FN5O7. The van der Waals surface area contributed by atoms with Gasteiger partial charge in [0.15, 0.2) is 6.61 Å². The number of hydrogen-bond acceptors (Lipinski definition) is 7. The third-order valence-corrected chi connectivity index (χ3v) is 8.59. The van der Waals surface area contributed by atoms with Gasteiger partial charge in [-0.15, -0.1) is 0 Å². The van der Waals surface area contributed by atoms with Gasteiger partial charge >= 0.3 is 0 Å². The fourth-order valence-electron chi connectivity index (χ4n) is 6.22. The highest BCUT2D eigenvalue weighted by atomic mass is 19.1. The summed E-state index contributed by atoms with van der Waals surface area (Å²) in [6.45, 7) is 7.82. The second kappa shape index (κ2) is 18.0. The molecular weight excluding hydrogens is 609 g/mol. The quantitative estimate of drug-likeness (QED) is 0.388. The highest BCUT2D eigenvalue weighted by molar-refractivity contribution is 6.00. The fourth-order valence-corrected chi connectivity index (χ4v) is 6.22. The monoisotopic (exact) mass is 661 g/mol. The van der Waals surface area contributed by atoms with Crippen LogP contribution in [0.5, 0.6) is 5.75 Å². The molecule has 12 nitrogen and oxygen atoms in total. The van der Waals surface area contributed by atoms with Crippen molar-refractivity contribution in [1.82, 2.24) is 25.8 Å². The number of hydrogen-bond donors (Lipinski definition) is 4. The number of likely N-dealkylation sites (N-methyl/N-ethyl adjacent to an activating group) is 1. The molecule has 1 fully saturated rings. The minimum atomic E-state index is -1.09. The average Bonchev–Trinajstić information content (AvgIpc) is 3.40. The number of nitrogens with one attached hydrogen (secondary N) is 3. The molecule has 2 aliphatic heterocycles. The maximum Gasteiger partial charge on any atom is 0.257 e. The molecule has 0 spiro atoms. The second-order valence-corrected chi connectivity index (χ2v) is 13.4. The summed E-state index contributed by atoms with van der Waals surface area (Å²) in [4.78, 5) is 69.8. The van der Waals surface area contributed by atoms with E-state index in [-0.39, 0.29) is 48.4 Å². The van der Waals surface area contributed by atoms with Gasteiger partial charge in [0.05, 0.1) is 11.7 Å². The number of carbonyl (C=O) groups excluding carboxylic acids is 5. The number of aliphatic hydroxyl groups excluding tert-OH is 1. The number of fused-ring (bicyclic) bond motifs is 2. The molecule has 5 amide bonds. The van der Waals surface area contributed by atoms with Gasteiger partial charge in [-0.25, -0.2) is 4.39 Å². The van der Waals surface area contributed by atoms with E-state index in [0.29, 0.717) is 13.1 Å². The first-order valence-electron chi connectivity index (χ1n) is 16.8. The molecule has 4 atom stereocenters. The summed E-state index contributed by atoms with van der Waals surface area (Å²) in [7, 11) is 1.54. The Bertz CT molecular complexity index is 1260. The summed E-state index contributed by atoms with van der Waals surface area (Å²) in [6.07, 6.45) is 4.54. The number of carbonyl (C=O) groups is 5. The number of benzene rings is 1. The normalized spacial score (nSPS) is 25.3. The van der Waals surface area contributed by atoms with E-state index in [2.05, 4.69) is 16.0 Å². The Kier molecular flexibility index (Phi) is 14.4. The van der Waals surface area contributed by atoms with Crippen LogP contribution in [0.2, 0.25) is 0 Å². The minimum absolute atomic E-state index is 0.0122. The number of nitrogens with zero attached hydrogens (tertiary/aromatic N) is 2. The zero-order valence-electron chi connectivity index (χ0n) is 28.4. The SMILES string of the molecule is CC(C)C[C@H]1NC(=O)c2ccc(F)cc2OCC(=O)NCCCCCCCCNC(=O)[C@H](C(C)C)N(C)C(=O)[C@H]2C[C@H](O)CN2C1=O. The zero-order valence-corrected chi connectivity index (χ0v) is 28.4. The largest absolute Gasteiger partial charge is 0.483 e. The van der Waals surface area contributed by atoms with E-state index in [0.717, 1.165) is 50.7 Å². The maximum absolute atomic E-state index is 14.2. The zero-order chi connectivity index (χ0) is 34.7. The molecule has 47 heavy (non-hydrogen) atoms. The van der Waals surface area contributed by atoms with Gasteiger partial charge in [-0.1, -0.05) is 53.4 Å². The molecule has 0 unspecified atom stereocenters. The van der Waals surface area contributed by atoms with E-state index in [4.69, 9.17) is 4.74 Å². The number of ether oxygens (including phenoxy) is 1. The molecule has 2 aliphatic rings. The van der Waals surface area contributed by atoms with Crippen LogP contribution < -0.4 is 20.7 Å². The van der Waals surface area contributed by atoms with Gasteiger partial charge < -0.3 is 35.6 Å². The van der Waals surface area contributed by atoms with Gasteiger partial charge in [0.2, 0.25) is 17.7 Å². The molecule has 0 bridgehead atoms. The third-order valence-electron chi connectivity index (χ3n) is 8.59. The van der Waals surface area contributed by atoms with Crippen LogP contribution in [0, 0.1) is 17.7 Å². The third kappa shape index (κ3) is 10.9. The molecule has 13 heteroatoms. The first-order valence-corrected chi connectivity index (χ1v) is 16.8. The van der Waals surface area contributed by atoms with Gasteiger partial charge in [-0.3, -0.25) is 24.0 Å². The van der Waals surface area contributed by atoms with Crippen molar-refractivity contribution in [2.75, 3.05) is 33.3 Å². The van der Waals surface area contributed by atoms with Gasteiger partial charge in [0.25, 0.3) is 11.8 Å². The second-order valence-electron chi connectivity index (χ2n) is 13.4. The van der Waals surface area contributed by atoms with Crippen LogP contribution in [0.3, 0.4) is 0 Å². The number of amides is 5. The predicted octanol–water partition coefficient (Wildman–Crippen LogP) is 2.38. The topological polar surface area (TPSA) is 157 Å². The Morgan fingerprint density at radius 2 is 1.57 bits per heavy atom. The van der Waals surface area contributed by atoms with Crippen molar-refractivity contribution in [3.63, 3.8) is 0 Å². The Labute approximate surface area is 277 Å². The van der Waals surface area contributed by atoms with Crippen molar-refractivity contribution in [1.29, 1.82) is 0 Å². The van der Waals surface area contributed by atoms with E-state index in [9.17, 15) is 33.5 Å². The lowest BCUT2D eigenvalue weighted by Gasteiger charge is -2.35. The fraction of sp³-hybridized carbons (Fsp3) is 0.676. The molecule has 262 valence electrons. The molecule has 0 aliphatic carbocycles. The van der Waals surface area contributed by atoms with E-state index < -0.39 is 60.3 Å². The predicted molar refractivity (Wildman–Crippen MR) is 174 cm³/mol. The van der Waals surface area contributed by atoms with E-state index >= 15 is 0 Å². The molecule has 1 aromatic rings. The first kappa shape index (κ1) is 37.7. The van der Waals surface area contributed by atoms with E-state index in [1.807, 2.05) is 27.7 Å². The maximum atomic E-state index is 14.2. The summed E-state index contributed by atoms with van der Waals surface area (Å²) in [5, 5.41) is 19.1. The first-order chi connectivity index (χ1) is 22.3. The summed E-state index contributed by atoms with van der Waals surface area (Å²) in [5.74, 6) is -3.54.